The van der Waals surface area contributed by atoms with Gasteiger partial charge in [0.2, 0.25) is 0 Å². The van der Waals surface area contributed by atoms with Gasteiger partial charge in [-0.05, 0) is 25.5 Å². The highest BCUT2D eigenvalue weighted by Gasteiger charge is 2.10. The van der Waals surface area contributed by atoms with Crippen molar-refractivity contribution in [2.45, 2.75) is 26.7 Å². The molecule has 5 heteroatoms. The molecule has 0 atom stereocenters. The lowest BCUT2D eigenvalue weighted by Gasteiger charge is -2.08. The quantitative estimate of drug-likeness (QED) is 0.880. The second-order valence-electron chi connectivity index (χ2n) is 4.66. The average Bonchev–Trinajstić information content (AvgIpc) is 2.68. The molecule has 0 amide bonds. The van der Waals surface area contributed by atoms with Gasteiger partial charge in [-0.25, -0.2) is 4.68 Å². The van der Waals surface area contributed by atoms with E-state index in [0.717, 1.165) is 11.3 Å². The maximum atomic E-state index is 10.6. The van der Waals surface area contributed by atoms with Crippen molar-refractivity contribution >= 4 is 11.8 Å². The van der Waals surface area contributed by atoms with E-state index in [1.165, 1.54) is 5.56 Å². The van der Waals surface area contributed by atoms with Crippen LogP contribution in [0.4, 0.5) is 5.82 Å². The van der Waals surface area contributed by atoms with E-state index in [-0.39, 0.29) is 6.42 Å². The average molecular weight is 259 g/mol. The Bertz CT molecular complexity index is 617. The minimum Gasteiger partial charge on any atom is -0.481 e. The molecule has 0 unspecified atom stereocenters. The number of anilines is 1. The summed E-state index contributed by atoms with van der Waals surface area (Å²) in [5.41, 5.74) is 9.82. The number of nitrogens with zero attached hydrogens (tertiary/aromatic N) is 2. The number of carboxylic acids is 1. The van der Waals surface area contributed by atoms with E-state index in [0.29, 0.717) is 17.9 Å². The van der Waals surface area contributed by atoms with Crippen molar-refractivity contribution in [1.82, 2.24) is 9.78 Å². The Kier molecular flexibility index (Phi) is 3.55. The summed E-state index contributed by atoms with van der Waals surface area (Å²) in [6, 6.07) is 7.75. The van der Waals surface area contributed by atoms with E-state index in [9.17, 15) is 4.79 Å². The van der Waals surface area contributed by atoms with E-state index < -0.39 is 5.97 Å². The number of aromatic nitrogens is 2. The minimum absolute atomic E-state index is 0.0589. The van der Waals surface area contributed by atoms with Crippen LogP contribution in [0.15, 0.2) is 24.3 Å². The molecule has 19 heavy (non-hydrogen) atoms. The molecule has 0 saturated carbocycles. The topological polar surface area (TPSA) is 81.1 Å². The van der Waals surface area contributed by atoms with Crippen LogP contribution in [0, 0.1) is 13.8 Å². The molecule has 1 aromatic heterocycles. The lowest BCUT2D eigenvalue weighted by molar-refractivity contribution is -0.136. The van der Waals surface area contributed by atoms with E-state index in [1.807, 2.05) is 26.0 Å². The van der Waals surface area contributed by atoms with Gasteiger partial charge in [-0.15, -0.1) is 0 Å². The third-order valence-electron chi connectivity index (χ3n) is 2.96. The SMILES string of the molecule is Cc1ccc(-n2nc(CCC(=O)O)cc2N)c(C)c1. The molecule has 5 nitrogen and oxygen atoms in total. The van der Waals surface area contributed by atoms with E-state index in [1.54, 1.807) is 10.7 Å². The highest BCUT2D eigenvalue weighted by Crippen LogP contribution is 2.19. The van der Waals surface area contributed by atoms with Crippen molar-refractivity contribution in [1.29, 1.82) is 0 Å². The number of benzene rings is 1. The fourth-order valence-corrected chi connectivity index (χ4v) is 2.04. The molecule has 0 aliphatic heterocycles. The Morgan fingerprint density at radius 2 is 2.11 bits per heavy atom. The van der Waals surface area contributed by atoms with Crippen LogP contribution in [0.25, 0.3) is 5.69 Å². The molecule has 0 radical (unpaired) electrons. The largest absolute Gasteiger partial charge is 0.481 e. The normalized spacial score (nSPS) is 10.6. The number of nitrogens with two attached hydrogens (primary N) is 1. The van der Waals surface area contributed by atoms with E-state index >= 15 is 0 Å². The molecule has 2 aromatic rings. The van der Waals surface area contributed by atoms with Crippen molar-refractivity contribution in [3.63, 3.8) is 0 Å². The van der Waals surface area contributed by atoms with Gasteiger partial charge in [-0.3, -0.25) is 4.79 Å². The number of hydrogen-bond donors (Lipinski definition) is 2. The van der Waals surface area contributed by atoms with Crippen molar-refractivity contribution in [2.24, 2.45) is 0 Å². The molecule has 1 heterocycles. The fraction of sp³-hybridized carbons (Fsp3) is 0.286. The Labute approximate surface area is 111 Å². The first-order valence-electron chi connectivity index (χ1n) is 6.11. The van der Waals surface area contributed by atoms with Crippen molar-refractivity contribution < 1.29 is 9.90 Å². The van der Waals surface area contributed by atoms with E-state index in [2.05, 4.69) is 11.2 Å². The van der Waals surface area contributed by atoms with Crippen LogP contribution in [0.1, 0.15) is 23.2 Å². The van der Waals surface area contributed by atoms with Gasteiger partial charge in [0.1, 0.15) is 5.82 Å². The minimum atomic E-state index is -0.834. The summed E-state index contributed by atoms with van der Waals surface area (Å²) in [6.07, 6.45) is 0.445. The van der Waals surface area contributed by atoms with Gasteiger partial charge in [0.05, 0.1) is 17.8 Å². The van der Waals surface area contributed by atoms with Gasteiger partial charge in [0.25, 0.3) is 0 Å². The fourth-order valence-electron chi connectivity index (χ4n) is 2.04. The molecule has 0 spiro atoms. The highest BCUT2D eigenvalue weighted by atomic mass is 16.4. The molecule has 0 saturated heterocycles. The molecule has 0 aliphatic rings. The van der Waals surface area contributed by atoms with Crippen LogP contribution in [-0.2, 0) is 11.2 Å². The lowest BCUT2D eigenvalue weighted by atomic mass is 10.1. The summed E-state index contributed by atoms with van der Waals surface area (Å²) in [7, 11) is 0. The maximum Gasteiger partial charge on any atom is 0.303 e. The number of hydrogen-bond acceptors (Lipinski definition) is 3. The maximum absolute atomic E-state index is 10.6. The Morgan fingerprint density at radius 3 is 2.74 bits per heavy atom. The molecular weight excluding hydrogens is 242 g/mol. The van der Waals surface area contributed by atoms with Crippen LogP contribution in [0.2, 0.25) is 0 Å². The third kappa shape index (κ3) is 2.93. The molecule has 0 fully saturated rings. The standard InChI is InChI=1S/C14H17N3O2/c1-9-3-5-12(10(2)7-9)17-13(15)8-11(16-17)4-6-14(18)19/h3,5,7-8H,4,6,15H2,1-2H3,(H,18,19). The zero-order valence-corrected chi connectivity index (χ0v) is 11.1. The first-order chi connectivity index (χ1) is 8.97. The molecule has 100 valence electrons. The molecular formula is C14H17N3O2. The van der Waals surface area contributed by atoms with E-state index in [4.69, 9.17) is 10.8 Å². The molecule has 2 rings (SSSR count). The Balaban J connectivity index is 2.32. The van der Waals surface area contributed by atoms with Crippen LogP contribution >= 0.6 is 0 Å². The predicted octanol–water partition coefficient (Wildman–Crippen LogP) is 2.09. The van der Waals surface area contributed by atoms with Crippen molar-refractivity contribution in [2.75, 3.05) is 5.73 Å². The smallest absolute Gasteiger partial charge is 0.303 e. The van der Waals surface area contributed by atoms with Crippen LogP contribution < -0.4 is 5.73 Å². The molecule has 1 aromatic carbocycles. The zero-order valence-electron chi connectivity index (χ0n) is 11.1. The van der Waals surface area contributed by atoms with Crippen LogP contribution in [0.5, 0.6) is 0 Å². The second kappa shape index (κ2) is 5.14. The summed E-state index contributed by atoms with van der Waals surface area (Å²) >= 11 is 0. The Hall–Kier alpha value is -2.30. The van der Waals surface area contributed by atoms with Crippen molar-refractivity contribution in [3.05, 3.63) is 41.1 Å². The van der Waals surface area contributed by atoms with Crippen LogP contribution in [0.3, 0.4) is 0 Å². The van der Waals surface area contributed by atoms with Gasteiger partial charge in [-0.2, -0.15) is 5.10 Å². The second-order valence-corrected chi connectivity index (χ2v) is 4.66. The third-order valence-corrected chi connectivity index (χ3v) is 2.96. The van der Waals surface area contributed by atoms with Gasteiger partial charge in [0, 0.05) is 12.5 Å². The number of aliphatic carboxylic acids is 1. The predicted molar refractivity (Wildman–Crippen MR) is 73.4 cm³/mol. The van der Waals surface area contributed by atoms with Gasteiger partial charge in [0.15, 0.2) is 0 Å². The molecule has 3 N–H and O–H groups in total. The number of carboxylic acid groups (broad SMARTS) is 1. The van der Waals surface area contributed by atoms with Crippen molar-refractivity contribution in [3.8, 4) is 5.69 Å². The Morgan fingerprint density at radius 1 is 1.37 bits per heavy atom. The number of nitrogen functional groups attached to an aromatic ring is 1. The zero-order chi connectivity index (χ0) is 14.0. The van der Waals surface area contributed by atoms with Gasteiger partial charge < -0.3 is 10.8 Å². The van der Waals surface area contributed by atoms with Gasteiger partial charge >= 0.3 is 5.97 Å². The van der Waals surface area contributed by atoms with Crippen LogP contribution in [-0.4, -0.2) is 20.9 Å². The summed E-state index contributed by atoms with van der Waals surface area (Å²) in [6.45, 7) is 4.03. The summed E-state index contributed by atoms with van der Waals surface area (Å²) < 4.78 is 1.66. The number of rotatable bonds is 4. The summed E-state index contributed by atoms with van der Waals surface area (Å²) in [4.78, 5) is 10.6. The number of aryl methyl sites for hydroxylation is 3. The first-order valence-corrected chi connectivity index (χ1v) is 6.11. The molecule has 0 bridgehead atoms. The summed E-state index contributed by atoms with van der Waals surface area (Å²) in [5, 5.41) is 13.0. The highest BCUT2D eigenvalue weighted by molar-refractivity contribution is 5.67. The van der Waals surface area contributed by atoms with Gasteiger partial charge in [-0.1, -0.05) is 17.7 Å². The summed E-state index contributed by atoms with van der Waals surface area (Å²) in [5.74, 6) is -0.313. The lowest BCUT2D eigenvalue weighted by Crippen LogP contribution is -2.04. The molecule has 0 aliphatic carbocycles. The monoisotopic (exact) mass is 259 g/mol. The number of carbonyl (C=O) groups is 1. The first kappa shape index (κ1) is 13.1.